The van der Waals surface area contributed by atoms with E-state index >= 15 is 0 Å². The molecule has 0 aromatic heterocycles. The van der Waals surface area contributed by atoms with Gasteiger partial charge in [-0.05, 0) is 18.3 Å². The standard InChI is InChI=1S/C10H18BF/c1-4-9(6-8(3)11)10(5-2)7-12/h6,9-10H,4-5,7H2,1-3H3/b8-6-. The zero-order chi connectivity index (χ0) is 9.56. The molecule has 0 amide bonds. The molecule has 0 saturated carbocycles. The van der Waals surface area contributed by atoms with Crippen LogP contribution in [0.3, 0.4) is 0 Å². The molecule has 0 aliphatic heterocycles. The van der Waals surface area contributed by atoms with Crippen molar-refractivity contribution in [3.63, 3.8) is 0 Å². The average Bonchev–Trinajstić information content (AvgIpc) is 2.04. The molecule has 68 valence electrons. The van der Waals surface area contributed by atoms with E-state index in [0.717, 1.165) is 18.3 Å². The maximum atomic E-state index is 12.5. The predicted octanol–water partition coefficient (Wildman–Crippen LogP) is 3.08. The van der Waals surface area contributed by atoms with Crippen LogP contribution in [0.5, 0.6) is 0 Å². The van der Waals surface area contributed by atoms with E-state index in [1.807, 2.05) is 19.9 Å². The van der Waals surface area contributed by atoms with Crippen LogP contribution in [0.25, 0.3) is 0 Å². The molecule has 0 aliphatic rings. The fourth-order valence-electron chi connectivity index (χ4n) is 1.45. The van der Waals surface area contributed by atoms with Gasteiger partial charge in [-0.3, -0.25) is 4.39 Å². The van der Waals surface area contributed by atoms with Crippen LogP contribution in [0.1, 0.15) is 33.6 Å². The van der Waals surface area contributed by atoms with Crippen molar-refractivity contribution in [1.82, 2.24) is 0 Å². The summed E-state index contributed by atoms with van der Waals surface area (Å²) in [5.74, 6) is 0.457. The fourth-order valence-corrected chi connectivity index (χ4v) is 1.45. The molecule has 0 spiro atoms. The summed E-state index contributed by atoms with van der Waals surface area (Å²) in [6, 6.07) is 0. The molecule has 0 aromatic rings. The third-order valence-corrected chi connectivity index (χ3v) is 2.28. The van der Waals surface area contributed by atoms with Gasteiger partial charge < -0.3 is 0 Å². The Labute approximate surface area is 76.7 Å². The van der Waals surface area contributed by atoms with Crippen LogP contribution in [0, 0.1) is 11.8 Å². The zero-order valence-electron chi connectivity index (χ0n) is 8.31. The van der Waals surface area contributed by atoms with Gasteiger partial charge in [-0.2, -0.15) is 0 Å². The molecule has 0 nitrogen and oxygen atoms in total. The van der Waals surface area contributed by atoms with Gasteiger partial charge in [0.2, 0.25) is 0 Å². The highest BCUT2D eigenvalue weighted by molar-refractivity contribution is 6.21. The van der Waals surface area contributed by atoms with Crippen LogP contribution in [-0.2, 0) is 0 Å². The second-order valence-electron chi connectivity index (χ2n) is 3.31. The van der Waals surface area contributed by atoms with Gasteiger partial charge in [0.25, 0.3) is 0 Å². The molecule has 2 unspecified atom stereocenters. The second kappa shape index (κ2) is 6.27. The molecule has 0 bridgehead atoms. The Kier molecular flexibility index (Phi) is 6.13. The van der Waals surface area contributed by atoms with E-state index < -0.39 is 0 Å². The summed E-state index contributed by atoms with van der Waals surface area (Å²) in [5, 5.41) is 0. The van der Waals surface area contributed by atoms with Crippen LogP contribution in [0.15, 0.2) is 11.5 Å². The monoisotopic (exact) mass is 168 g/mol. The van der Waals surface area contributed by atoms with Crippen LogP contribution < -0.4 is 0 Å². The molecule has 12 heavy (non-hydrogen) atoms. The molecule has 0 rings (SSSR count). The second-order valence-corrected chi connectivity index (χ2v) is 3.31. The lowest BCUT2D eigenvalue weighted by atomic mass is 9.84. The van der Waals surface area contributed by atoms with E-state index in [1.54, 1.807) is 0 Å². The van der Waals surface area contributed by atoms with Gasteiger partial charge in [0.05, 0.1) is 6.67 Å². The minimum atomic E-state index is -0.237. The molecular weight excluding hydrogens is 150 g/mol. The lowest BCUT2D eigenvalue weighted by Gasteiger charge is -2.19. The van der Waals surface area contributed by atoms with E-state index in [-0.39, 0.29) is 12.6 Å². The smallest absolute Gasteiger partial charge is 0.106 e. The predicted molar refractivity (Wildman–Crippen MR) is 53.0 cm³/mol. The number of hydrogen-bond acceptors (Lipinski definition) is 0. The molecule has 0 fully saturated rings. The van der Waals surface area contributed by atoms with Gasteiger partial charge in [-0.25, -0.2) is 0 Å². The van der Waals surface area contributed by atoms with Gasteiger partial charge in [0.15, 0.2) is 0 Å². The third kappa shape index (κ3) is 3.94. The Morgan fingerprint density at radius 1 is 1.42 bits per heavy atom. The lowest BCUT2D eigenvalue weighted by Crippen LogP contribution is -2.13. The highest BCUT2D eigenvalue weighted by Crippen LogP contribution is 2.22. The molecule has 0 heterocycles. The minimum absolute atomic E-state index is 0.147. The maximum absolute atomic E-state index is 12.5. The summed E-state index contributed by atoms with van der Waals surface area (Å²) in [6.07, 6.45) is 3.84. The van der Waals surface area contributed by atoms with E-state index in [2.05, 4.69) is 6.92 Å². The van der Waals surface area contributed by atoms with Crippen molar-refractivity contribution in [2.45, 2.75) is 33.6 Å². The lowest BCUT2D eigenvalue weighted by molar-refractivity contribution is 0.282. The number of alkyl halides is 1. The fraction of sp³-hybridized carbons (Fsp3) is 0.800. The summed E-state index contributed by atoms with van der Waals surface area (Å²) >= 11 is 0. The first kappa shape index (κ1) is 11.7. The molecule has 2 radical (unpaired) electrons. The van der Waals surface area contributed by atoms with Crippen LogP contribution in [0.2, 0.25) is 0 Å². The molecule has 2 atom stereocenters. The first-order valence-corrected chi connectivity index (χ1v) is 4.65. The van der Waals surface area contributed by atoms with E-state index in [9.17, 15) is 4.39 Å². The van der Waals surface area contributed by atoms with Gasteiger partial charge in [-0.1, -0.05) is 33.3 Å². The molecule has 2 heteroatoms. The first-order chi connectivity index (χ1) is 5.65. The number of hydrogen-bond donors (Lipinski definition) is 0. The maximum Gasteiger partial charge on any atom is 0.106 e. The Bertz CT molecular complexity index is 135. The van der Waals surface area contributed by atoms with Gasteiger partial charge in [-0.15, -0.1) is 5.47 Å². The van der Waals surface area contributed by atoms with Crippen molar-refractivity contribution >= 4 is 7.85 Å². The van der Waals surface area contributed by atoms with Crippen molar-refractivity contribution in [1.29, 1.82) is 0 Å². The SMILES string of the molecule is [B]/C(C)=C\C(CC)C(CC)CF. The number of halogens is 1. The van der Waals surface area contributed by atoms with Crippen LogP contribution >= 0.6 is 0 Å². The molecular formula is C10H18BF. The third-order valence-electron chi connectivity index (χ3n) is 2.28. The Balaban J connectivity index is 4.21. The molecule has 0 N–H and O–H groups in total. The number of rotatable bonds is 5. The summed E-state index contributed by atoms with van der Waals surface area (Å²) in [7, 11) is 5.55. The average molecular weight is 168 g/mol. The van der Waals surface area contributed by atoms with Crippen molar-refractivity contribution in [3.8, 4) is 0 Å². The molecule has 0 aromatic carbocycles. The van der Waals surface area contributed by atoms with Crippen LogP contribution in [-0.4, -0.2) is 14.5 Å². The number of allylic oxidation sites excluding steroid dienone is 2. The molecule has 0 saturated heterocycles. The zero-order valence-corrected chi connectivity index (χ0v) is 8.31. The van der Waals surface area contributed by atoms with Crippen LogP contribution in [0.4, 0.5) is 4.39 Å². The van der Waals surface area contributed by atoms with Crippen molar-refractivity contribution < 1.29 is 4.39 Å². The van der Waals surface area contributed by atoms with Crippen molar-refractivity contribution in [3.05, 3.63) is 11.5 Å². The van der Waals surface area contributed by atoms with Crippen molar-refractivity contribution in [2.24, 2.45) is 11.8 Å². The minimum Gasteiger partial charge on any atom is -0.251 e. The van der Waals surface area contributed by atoms with E-state index in [4.69, 9.17) is 7.85 Å². The highest BCUT2D eigenvalue weighted by Gasteiger charge is 2.15. The highest BCUT2D eigenvalue weighted by atomic mass is 19.1. The Morgan fingerprint density at radius 2 is 2.00 bits per heavy atom. The normalized spacial score (nSPS) is 17.5. The Morgan fingerprint density at radius 3 is 2.25 bits per heavy atom. The van der Waals surface area contributed by atoms with Crippen molar-refractivity contribution in [2.75, 3.05) is 6.67 Å². The van der Waals surface area contributed by atoms with Gasteiger partial charge in [0, 0.05) is 0 Å². The topological polar surface area (TPSA) is 0 Å². The summed E-state index contributed by atoms with van der Waals surface area (Å²) in [6.45, 7) is 5.71. The summed E-state index contributed by atoms with van der Waals surface area (Å²) in [5.41, 5.74) is 0.800. The van der Waals surface area contributed by atoms with Gasteiger partial charge >= 0.3 is 0 Å². The molecule has 0 aliphatic carbocycles. The Hall–Kier alpha value is -0.265. The quantitative estimate of drug-likeness (QED) is 0.553. The van der Waals surface area contributed by atoms with E-state index in [0.29, 0.717) is 5.92 Å². The summed E-state index contributed by atoms with van der Waals surface area (Å²) < 4.78 is 12.5. The first-order valence-electron chi connectivity index (χ1n) is 4.65. The largest absolute Gasteiger partial charge is 0.251 e. The van der Waals surface area contributed by atoms with Gasteiger partial charge in [0.1, 0.15) is 7.85 Å². The van der Waals surface area contributed by atoms with E-state index in [1.165, 1.54) is 0 Å². The summed E-state index contributed by atoms with van der Waals surface area (Å²) in [4.78, 5) is 0.